The van der Waals surface area contributed by atoms with E-state index < -0.39 is 0 Å². The fourth-order valence-electron chi connectivity index (χ4n) is 2.17. The number of nitrogen functional groups attached to an aromatic ring is 1. The summed E-state index contributed by atoms with van der Waals surface area (Å²) in [7, 11) is 0. The molecular weight excluding hydrogens is 232 g/mol. The third-order valence-corrected chi connectivity index (χ3v) is 3.37. The van der Waals surface area contributed by atoms with Crippen molar-refractivity contribution in [3.8, 4) is 6.07 Å². The highest BCUT2D eigenvalue weighted by molar-refractivity contribution is 5.54. The van der Waals surface area contributed by atoms with Gasteiger partial charge in [-0.3, -0.25) is 0 Å². The monoisotopic (exact) mass is 250 g/mol. The lowest BCUT2D eigenvalue weighted by Crippen LogP contribution is -2.02. The predicted octanol–water partition coefficient (Wildman–Crippen LogP) is 4.05. The fraction of sp³-hybridized carbons (Fsp3) is 0.235. The van der Waals surface area contributed by atoms with E-state index in [-0.39, 0.29) is 5.92 Å². The van der Waals surface area contributed by atoms with Crippen LogP contribution in [-0.4, -0.2) is 0 Å². The van der Waals surface area contributed by atoms with Crippen LogP contribution in [0, 0.1) is 11.3 Å². The molecule has 1 atom stereocenters. The second kappa shape index (κ2) is 5.58. The van der Waals surface area contributed by atoms with Gasteiger partial charge in [0.1, 0.15) is 0 Å². The van der Waals surface area contributed by atoms with Crippen LogP contribution in [0.2, 0.25) is 0 Å². The first-order valence-electron chi connectivity index (χ1n) is 6.47. The van der Waals surface area contributed by atoms with E-state index in [4.69, 9.17) is 5.73 Å². The number of nitrogens with two attached hydrogens (primary N) is 1. The molecule has 1 unspecified atom stereocenters. The number of nitrogens with zero attached hydrogens (tertiary/aromatic N) is 1. The first-order chi connectivity index (χ1) is 9.13. The number of hydrogen-bond donors (Lipinski definition) is 1. The van der Waals surface area contributed by atoms with E-state index in [1.165, 1.54) is 5.56 Å². The summed E-state index contributed by atoms with van der Waals surface area (Å²) in [6, 6.07) is 18.1. The molecule has 0 bridgehead atoms. The molecule has 0 saturated carbocycles. The lowest BCUT2D eigenvalue weighted by atomic mass is 9.90. The van der Waals surface area contributed by atoms with Crippen LogP contribution in [0.3, 0.4) is 0 Å². The van der Waals surface area contributed by atoms with Crippen molar-refractivity contribution in [2.75, 3.05) is 5.73 Å². The molecule has 2 nitrogen and oxygen atoms in total. The third kappa shape index (κ3) is 2.77. The molecule has 19 heavy (non-hydrogen) atoms. The zero-order valence-electron chi connectivity index (χ0n) is 11.3. The number of benzene rings is 2. The fourth-order valence-corrected chi connectivity index (χ4v) is 2.17. The van der Waals surface area contributed by atoms with E-state index in [0.717, 1.165) is 11.1 Å². The van der Waals surface area contributed by atoms with Crippen LogP contribution < -0.4 is 5.73 Å². The Morgan fingerprint density at radius 3 is 2.05 bits per heavy atom. The van der Waals surface area contributed by atoms with Crippen molar-refractivity contribution in [1.29, 1.82) is 5.26 Å². The highest BCUT2D eigenvalue weighted by Gasteiger charge is 2.15. The van der Waals surface area contributed by atoms with Gasteiger partial charge in [-0.05, 0) is 28.7 Å². The lowest BCUT2D eigenvalue weighted by Gasteiger charge is -2.13. The molecule has 0 fully saturated rings. The molecule has 0 aliphatic carbocycles. The number of para-hydroxylation sites is 1. The van der Waals surface area contributed by atoms with Crippen molar-refractivity contribution in [3.05, 3.63) is 65.2 Å². The van der Waals surface area contributed by atoms with Crippen LogP contribution in [0.15, 0.2) is 48.5 Å². The standard InChI is InChI=1S/C17H18N2/c1-12(2)13-7-9-14(10-8-13)16(11-18)15-5-3-4-6-17(15)19/h3-10,12,16H,19H2,1-2H3. The zero-order valence-corrected chi connectivity index (χ0v) is 11.3. The van der Waals surface area contributed by atoms with Crippen molar-refractivity contribution >= 4 is 5.69 Å². The van der Waals surface area contributed by atoms with Gasteiger partial charge in [-0.2, -0.15) is 5.26 Å². The largest absolute Gasteiger partial charge is 0.398 e. The van der Waals surface area contributed by atoms with Gasteiger partial charge in [-0.25, -0.2) is 0 Å². The summed E-state index contributed by atoms with van der Waals surface area (Å²) in [6.07, 6.45) is 0. The van der Waals surface area contributed by atoms with Crippen LogP contribution >= 0.6 is 0 Å². The van der Waals surface area contributed by atoms with Gasteiger partial charge in [0.2, 0.25) is 0 Å². The van der Waals surface area contributed by atoms with Crippen LogP contribution in [0.5, 0.6) is 0 Å². The minimum Gasteiger partial charge on any atom is -0.398 e. The maximum Gasteiger partial charge on any atom is 0.0982 e. The van der Waals surface area contributed by atoms with Gasteiger partial charge in [0.25, 0.3) is 0 Å². The SMILES string of the molecule is CC(C)c1ccc(C(C#N)c2ccccc2N)cc1. The van der Waals surface area contributed by atoms with Gasteiger partial charge in [-0.1, -0.05) is 56.3 Å². The second-order valence-corrected chi connectivity index (χ2v) is 5.01. The number of anilines is 1. The Labute approximate surface area is 114 Å². The normalized spacial score (nSPS) is 12.1. The highest BCUT2D eigenvalue weighted by Crippen LogP contribution is 2.29. The van der Waals surface area contributed by atoms with Gasteiger partial charge in [0.15, 0.2) is 0 Å². The minimum atomic E-state index is -0.303. The smallest absolute Gasteiger partial charge is 0.0982 e. The van der Waals surface area contributed by atoms with Crippen molar-refractivity contribution in [2.45, 2.75) is 25.7 Å². The van der Waals surface area contributed by atoms with Crippen molar-refractivity contribution in [1.82, 2.24) is 0 Å². The average molecular weight is 250 g/mol. The van der Waals surface area contributed by atoms with Gasteiger partial charge in [-0.15, -0.1) is 0 Å². The molecule has 0 amide bonds. The summed E-state index contributed by atoms with van der Waals surface area (Å²) in [4.78, 5) is 0. The molecule has 0 heterocycles. The van der Waals surface area contributed by atoms with Gasteiger partial charge >= 0.3 is 0 Å². The Hall–Kier alpha value is -2.27. The topological polar surface area (TPSA) is 49.8 Å². The molecule has 2 aromatic rings. The van der Waals surface area contributed by atoms with E-state index in [0.29, 0.717) is 11.6 Å². The maximum atomic E-state index is 9.43. The van der Waals surface area contributed by atoms with Gasteiger partial charge in [0, 0.05) is 5.69 Å². The number of hydrogen-bond acceptors (Lipinski definition) is 2. The maximum absolute atomic E-state index is 9.43. The summed E-state index contributed by atoms with van der Waals surface area (Å²) >= 11 is 0. The van der Waals surface area contributed by atoms with Crippen molar-refractivity contribution in [3.63, 3.8) is 0 Å². The Kier molecular flexibility index (Phi) is 3.87. The quantitative estimate of drug-likeness (QED) is 0.835. The van der Waals surface area contributed by atoms with Gasteiger partial charge < -0.3 is 5.73 Å². The van der Waals surface area contributed by atoms with Crippen LogP contribution in [0.25, 0.3) is 0 Å². The highest BCUT2D eigenvalue weighted by atomic mass is 14.6. The number of nitriles is 1. The summed E-state index contributed by atoms with van der Waals surface area (Å²) in [5, 5.41) is 9.43. The Balaban J connectivity index is 2.38. The molecule has 0 spiro atoms. The molecule has 2 aromatic carbocycles. The second-order valence-electron chi connectivity index (χ2n) is 5.01. The Morgan fingerprint density at radius 2 is 1.53 bits per heavy atom. The molecular formula is C17H18N2. The summed E-state index contributed by atoms with van der Waals surface area (Å²) in [5.74, 6) is 0.193. The van der Waals surface area contributed by atoms with E-state index >= 15 is 0 Å². The summed E-state index contributed by atoms with van der Waals surface area (Å²) in [6.45, 7) is 4.32. The van der Waals surface area contributed by atoms with E-state index in [1.54, 1.807) is 0 Å². The molecule has 0 aliphatic rings. The average Bonchev–Trinajstić information content (AvgIpc) is 2.42. The molecule has 2 N–H and O–H groups in total. The van der Waals surface area contributed by atoms with E-state index in [9.17, 15) is 5.26 Å². The molecule has 0 radical (unpaired) electrons. The molecule has 2 heteroatoms. The van der Waals surface area contributed by atoms with Crippen LogP contribution in [-0.2, 0) is 0 Å². The molecule has 0 aliphatic heterocycles. The van der Waals surface area contributed by atoms with Crippen molar-refractivity contribution < 1.29 is 0 Å². The first-order valence-corrected chi connectivity index (χ1v) is 6.47. The van der Waals surface area contributed by atoms with Crippen molar-refractivity contribution in [2.24, 2.45) is 0 Å². The van der Waals surface area contributed by atoms with Crippen LogP contribution in [0.4, 0.5) is 5.69 Å². The first kappa shape index (κ1) is 13.2. The minimum absolute atomic E-state index is 0.303. The Morgan fingerprint density at radius 1 is 0.947 bits per heavy atom. The summed E-state index contributed by atoms with van der Waals surface area (Å²) < 4.78 is 0. The summed E-state index contributed by atoms with van der Waals surface area (Å²) in [5.41, 5.74) is 9.78. The van der Waals surface area contributed by atoms with Crippen LogP contribution in [0.1, 0.15) is 42.4 Å². The lowest BCUT2D eigenvalue weighted by molar-refractivity contribution is 0.864. The molecule has 0 aromatic heterocycles. The molecule has 2 rings (SSSR count). The molecule has 96 valence electrons. The predicted molar refractivity (Wildman–Crippen MR) is 78.8 cm³/mol. The number of rotatable bonds is 3. The van der Waals surface area contributed by atoms with Gasteiger partial charge in [0.05, 0.1) is 12.0 Å². The Bertz CT molecular complexity index is 591. The molecule has 0 saturated heterocycles. The van der Waals surface area contributed by atoms with E-state index in [1.807, 2.05) is 36.4 Å². The zero-order chi connectivity index (χ0) is 13.8. The van der Waals surface area contributed by atoms with E-state index in [2.05, 4.69) is 32.0 Å². The third-order valence-electron chi connectivity index (χ3n) is 3.37.